The largest absolute Gasteiger partial charge is 0.481 e. The number of aliphatic hydroxyl groups excluding tert-OH is 6. The zero-order chi connectivity index (χ0) is 94.5. The van der Waals surface area contributed by atoms with E-state index < -0.39 is 368 Å². The number of aryl methyl sites for hydroxylation is 1. The Hall–Kier alpha value is -11.8. The average molecular weight is 1780 g/mol. The van der Waals surface area contributed by atoms with Crippen molar-refractivity contribution in [1.82, 2.24) is 46.9 Å². The van der Waals surface area contributed by atoms with Crippen molar-refractivity contribution in [2.45, 2.75) is 248 Å². The van der Waals surface area contributed by atoms with Crippen molar-refractivity contribution in [3.8, 4) is 12.3 Å². The number of carboxylic acid groups (broad SMARTS) is 6. The molecule has 3 heterocycles. The number of alkyl halides is 2. The molecule has 2 aliphatic heterocycles. The average Bonchev–Trinajstić information content (AvgIpc) is 0.836. The van der Waals surface area contributed by atoms with Crippen LogP contribution in [0.4, 0.5) is 8.78 Å². The number of carbonyl (C=O) groups excluding carboxylic acids is 14. The number of carbonyl (C=O) groups is 20. The van der Waals surface area contributed by atoms with Crippen LogP contribution < -0.4 is 43.4 Å². The van der Waals surface area contributed by atoms with Crippen LogP contribution in [0.1, 0.15) is 155 Å². The zero-order valence-corrected chi connectivity index (χ0v) is 68.0. The Morgan fingerprint density at radius 3 is 1.21 bits per heavy atom. The molecule has 0 aromatic carbocycles. The minimum absolute atomic E-state index is 0.195. The Labute approximate surface area is 705 Å². The van der Waals surface area contributed by atoms with Gasteiger partial charge in [0.2, 0.25) is 47.3 Å². The third-order valence-electron chi connectivity index (χ3n) is 19.0. The molecule has 50 heteroatoms. The molecule has 0 spiro atoms. The minimum atomic E-state index is -2.10. The number of rotatable bonds is 57. The lowest BCUT2D eigenvalue weighted by Crippen LogP contribution is -2.62. The van der Waals surface area contributed by atoms with E-state index in [2.05, 4.69) is 58.2 Å². The molecule has 0 radical (unpaired) electrons. The van der Waals surface area contributed by atoms with E-state index in [9.17, 15) is 166 Å². The van der Waals surface area contributed by atoms with Gasteiger partial charge in [0.25, 0.3) is 0 Å². The van der Waals surface area contributed by atoms with Gasteiger partial charge >= 0.3 is 35.8 Å². The van der Waals surface area contributed by atoms with Crippen LogP contribution in [0, 0.1) is 47.9 Å². The van der Waals surface area contributed by atoms with E-state index >= 15 is 0 Å². The summed E-state index contributed by atoms with van der Waals surface area (Å²) in [7, 11) is 0. The topological polar surface area (TPSA) is 806 Å². The number of terminal acetylenes is 1. The molecule has 0 bridgehead atoms. The van der Waals surface area contributed by atoms with Gasteiger partial charge in [-0.15, -0.1) is 17.4 Å². The first-order chi connectivity index (χ1) is 58.0. The lowest BCUT2D eigenvalue weighted by Gasteiger charge is -2.40. The van der Waals surface area contributed by atoms with Gasteiger partial charge in [-0.1, -0.05) is 38.0 Å². The van der Waals surface area contributed by atoms with Gasteiger partial charge in [0.05, 0.1) is 80.7 Å². The quantitative estimate of drug-likeness (QED) is 0.00952. The Bertz CT molecular complexity index is 3990. The maximum absolute atomic E-state index is 13.7. The van der Waals surface area contributed by atoms with Crippen LogP contribution in [0.25, 0.3) is 10.4 Å². The van der Waals surface area contributed by atoms with E-state index in [1.165, 1.54) is 33.9 Å². The van der Waals surface area contributed by atoms with Gasteiger partial charge < -0.3 is 114 Å². The Morgan fingerprint density at radius 2 is 0.879 bits per heavy atom. The number of Topliss-reactive ketones (excluding diaryl/α,β-unsaturated/α-hetero) is 6. The molecule has 3 rings (SSSR count). The molecule has 2 fully saturated rings. The number of carboxylic acids is 6. The Morgan fingerprint density at radius 1 is 0.500 bits per heavy atom. The number of aliphatic hydroxyl groups is 6. The van der Waals surface area contributed by atoms with E-state index in [1.807, 2.05) is 0 Å². The van der Waals surface area contributed by atoms with Gasteiger partial charge in [0, 0.05) is 107 Å². The number of ether oxygens (including phenoxy) is 2. The van der Waals surface area contributed by atoms with Gasteiger partial charge in [0.1, 0.15) is 74.1 Å². The van der Waals surface area contributed by atoms with Crippen molar-refractivity contribution in [2.75, 3.05) is 33.0 Å². The normalized spacial score (nSPS) is 20.2. The van der Waals surface area contributed by atoms with Crippen molar-refractivity contribution in [1.29, 1.82) is 0 Å². The van der Waals surface area contributed by atoms with Crippen molar-refractivity contribution in [3.63, 3.8) is 0 Å². The first kappa shape index (κ1) is 110. The molecule has 124 heavy (non-hydrogen) atoms. The van der Waals surface area contributed by atoms with E-state index in [0.717, 1.165) is 4.68 Å². The number of hydrogen-bond acceptors (Lipinski definition) is 31. The summed E-state index contributed by atoms with van der Waals surface area (Å²) >= 11 is 0. The third kappa shape index (κ3) is 41.3. The van der Waals surface area contributed by atoms with Gasteiger partial charge in [-0.2, -0.15) is 0 Å². The molecule has 1 aromatic rings. The SMILES string of the molecule is C#CCCCF.CC(C)[C@H](CC(=O)[C@H](CCC(=O)O)NC(=O)[C@H](CC(=O)O)CC(=O)C1OC(CNC(=O)CN=[N+]=[N-])C(O)C(O)C1O)C(=O)N[C@@H](CC(=O)O)C(=O)CCC(N)=O.CC(C)[C@H](CC(=O)[C@H](CCC(=O)O)NC(=O)[C@H](CC(=O)O)CC(=O)C1OC(CNC(=O)Cn2cc(CCCF)nn2)C(O)C(O)C1O)C(=O)N[C@@H](CC(=O)O)C(=O)CCC(N)=O. The highest BCUT2D eigenvalue weighted by molar-refractivity contribution is 6.00. The number of nitrogens with zero attached hydrogens (tertiary/aromatic N) is 6. The molecular formula is C74H108F2N14O34. The van der Waals surface area contributed by atoms with Crippen molar-refractivity contribution in [3.05, 3.63) is 22.3 Å². The van der Waals surface area contributed by atoms with Gasteiger partial charge in [-0.25, -0.2) is 4.68 Å². The van der Waals surface area contributed by atoms with Crippen LogP contribution in [-0.4, -0.2) is 312 Å². The number of primary amides is 2. The number of azide groups is 1. The summed E-state index contributed by atoms with van der Waals surface area (Å²) in [5, 5.41) is 143. The van der Waals surface area contributed by atoms with E-state index in [0.29, 0.717) is 18.5 Å². The monoisotopic (exact) mass is 1770 g/mol. The summed E-state index contributed by atoms with van der Waals surface area (Å²) < 4.78 is 35.6. The summed E-state index contributed by atoms with van der Waals surface area (Å²) in [6, 6.07) is -6.59. The van der Waals surface area contributed by atoms with Gasteiger partial charge in [-0.05, 0) is 49.5 Å². The van der Waals surface area contributed by atoms with Crippen LogP contribution >= 0.6 is 0 Å². The van der Waals surface area contributed by atoms with Crippen molar-refractivity contribution in [2.24, 2.45) is 52.1 Å². The molecule has 0 aliphatic carbocycles. The van der Waals surface area contributed by atoms with Crippen LogP contribution in [-0.2, 0) is 118 Å². The number of halogens is 2. The van der Waals surface area contributed by atoms with E-state index in [1.54, 1.807) is 0 Å². The summed E-state index contributed by atoms with van der Waals surface area (Å²) in [6.07, 6.45) is -22.9. The van der Waals surface area contributed by atoms with Crippen LogP contribution in [0.15, 0.2) is 11.3 Å². The summed E-state index contributed by atoms with van der Waals surface area (Å²) in [4.78, 5) is 251. The molecule has 0 saturated carbocycles. The molecule has 22 N–H and O–H groups in total. The van der Waals surface area contributed by atoms with E-state index in [-0.39, 0.29) is 26.1 Å². The molecule has 8 amide bonds. The van der Waals surface area contributed by atoms with Crippen LogP contribution in [0.2, 0.25) is 0 Å². The third-order valence-corrected chi connectivity index (χ3v) is 19.0. The highest BCUT2D eigenvalue weighted by atomic mass is 19.1. The second kappa shape index (κ2) is 56.8. The van der Waals surface area contributed by atoms with Crippen molar-refractivity contribution >= 4 is 118 Å². The molecule has 48 nitrogen and oxygen atoms in total. The molecular weight excluding hydrogens is 1670 g/mol. The Kier molecular flexibility index (Phi) is 50.4. The first-order valence-electron chi connectivity index (χ1n) is 38.7. The van der Waals surface area contributed by atoms with E-state index in [4.69, 9.17) is 32.9 Å². The maximum Gasteiger partial charge on any atom is 0.305 e. The van der Waals surface area contributed by atoms with Crippen LogP contribution in [0.5, 0.6) is 0 Å². The predicted octanol–water partition coefficient (Wildman–Crippen LogP) is -5.37. The summed E-state index contributed by atoms with van der Waals surface area (Å²) in [5.41, 5.74) is 18.9. The Balaban J connectivity index is 0.00000117. The number of aromatic nitrogens is 3. The molecule has 692 valence electrons. The van der Waals surface area contributed by atoms with Gasteiger partial charge in [-0.3, -0.25) is 105 Å². The number of aliphatic carboxylic acids is 6. The molecule has 10 unspecified atom stereocenters. The zero-order valence-electron chi connectivity index (χ0n) is 68.0. The maximum atomic E-state index is 13.7. The summed E-state index contributed by atoms with van der Waals surface area (Å²) in [5.74, 6) is -27.6. The fourth-order valence-corrected chi connectivity index (χ4v) is 12.1. The van der Waals surface area contributed by atoms with Crippen LogP contribution in [0.3, 0.4) is 0 Å². The highest BCUT2D eigenvalue weighted by Crippen LogP contribution is 2.29. The molecule has 18 atom stereocenters. The highest BCUT2D eigenvalue weighted by Gasteiger charge is 2.50. The standard InChI is InChI=1S/C37H54FN7O17.C32H47N7O17.C5H7F/c1-17(2)20(37(61)42-22(13-31(55)56)23(46)6-7-27(39)49)12-24(47)21(5-8-29(51)52)41-36(60)18(11-30(53)54)10-25(48)35-34(59)33(58)32(57)26(62-35)14-40-28(50)16-45-15-19(43-44-45)4-3-9-38;1-13(2)15(32(55)38-17(10-26(49)50)18(40)4-5-22(33)43)9-19(41)16(3-6-24(45)46)37-31(54)14(8-25(47)48)7-20(42)30-29(53)28(52)27(51)21(56-30)11-35-23(44)12-36-39-34;1-2-3-4-5-6/h15,17-18,20-22,26,32-35,57-59H,3-14,16H2,1-2H3,(H2,39,49)(H,40,50)(H,41,60)(H,42,61)(H,51,52)(H,53,54)(H,55,56);13-17,21,27-30,51-53H,3-12H2,1-2H3,(H2,33,43)(H,35,44)(H,37,54)(H,38,55)(H,45,46)(H,47,48)(H,49,50);1H,3-5H2/t18-,20-,21-,22-,26?,32?,33?,34?,35?;14-,15-,16-,17-,21?,27?,28?,29?,30?;/m00./s1. The first-order valence-corrected chi connectivity index (χ1v) is 38.7. The number of ketones is 6. The fraction of sp³-hybridized carbons (Fsp3) is 0.676. The number of hydrogen-bond donors (Lipinski definition) is 20. The fourth-order valence-electron chi connectivity index (χ4n) is 12.1. The second-order valence-electron chi connectivity index (χ2n) is 29.5. The van der Waals surface area contributed by atoms with Gasteiger partial charge in [0.15, 0.2) is 34.7 Å². The number of unbranched alkanes of at least 4 members (excludes halogenated alkanes) is 1. The second-order valence-corrected chi connectivity index (χ2v) is 29.5. The molecule has 2 saturated heterocycles. The number of nitrogens with one attached hydrogen (secondary N) is 6. The predicted molar refractivity (Wildman–Crippen MR) is 411 cm³/mol. The van der Waals surface area contributed by atoms with Crippen molar-refractivity contribution < 1.29 is 175 Å². The number of amides is 8. The summed E-state index contributed by atoms with van der Waals surface area (Å²) in [6.45, 7) is 3.03. The minimum Gasteiger partial charge on any atom is -0.481 e. The molecule has 1 aromatic heterocycles. The number of nitrogens with two attached hydrogens (primary N) is 2. The lowest BCUT2D eigenvalue weighted by molar-refractivity contribution is -0.218. The lowest BCUT2D eigenvalue weighted by atomic mass is 9.86. The molecule has 2 aliphatic rings. The smallest absolute Gasteiger partial charge is 0.305 e.